The van der Waals surface area contributed by atoms with E-state index in [9.17, 15) is 18.8 Å². The Balaban J connectivity index is 1.40. The number of urea groups is 1. The predicted molar refractivity (Wildman–Crippen MR) is 110 cm³/mol. The van der Waals surface area contributed by atoms with E-state index in [0.717, 1.165) is 23.4 Å². The van der Waals surface area contributed by atoms with E-state index in [1.54, 1.807) is 30.3 Å². The van der Waals surface area contributed by atoms with E-state index < -0.39 is 23.4 Å². The first-order valence-corrected chi connectivity index (χ1v) is 10.3. The molecule has 0 unspecified atom stereocenters. The van der Waals surface area contributed by atoms with Gasteiger partial charge >= 0.3 is 6.03 Å². The fourth-order valence-corrected chi connectivity index (χ4v) is 3.96. The van der Waals surface area contributed by atoms with Crippen LogP contribution in [0.25, 0.3) is 0 Å². The molecular weight excluding hydrogens is 401 g/mol. The molecule has 1 aliphatic heterocycles. The van der Waals surface area contributed by atoms with Crippen LogP contribution < -0.4 is 15.5 Å². The van der Waals surface area contributed by atoms with Crippen LogP contribution in [0.2, 0.25) is 0 Å². The number of nitrogens with one attached hydrogen (secondary N) is 2. The fraction of sp³-hybridized carbons (Fsp3) is 0.348. The average Bonchev–Trinajstić information content (AvgIpc) is 3.00. The lowest BCUT2D eigenvalue weighted by atomic mass is 9.77. The van der Waals surface area contributed by atoms with Gasteiger partial charge in [0.1, 0.15) is 23.7 Å². The smallest absolute Gasteiger partial charge is 0.344 e. The molecule has 2 aliphatic rings. The summed E-state index contributed by atoms with van der Waals surface area (Å²) in [6.07, 6.45) is 2.83. The van der Waals surface area contributed by atoms with E-state index in [0.29, 0.717) is 24.5 Å². The van der Waals surface area contributed by atoms with Crippen molar-refractivity contribution in [3.63, 3.8) is 0 Å². The first-order chi connectivity index (χ1) is 14.9. The molecule has 1 heterocycles. The molecule has 0 atom stereocenters. The second kappa shape index (κ2) is 8.37. The summed E-state index contributed by atoms with van der Waals surface area (Å²) in [6.45, 7) is 2.33. The number of hydrogen-bond donors (Lipinski definition) is 2. The molecule has 2 aromatic carbocycles. The maximum atomic E-state index is 13.0. The van der Waals surface area contributed by atoms with Crippen molar-refractivity contribution in [1.82, 2.24) is 15.8 Å². The van der Waals surface area contributed by atoms with Gasteiger partial charge in [0.15, 0.2) is 0 Å². The molecule has 0 bridgehead atoms. The van der Waals surface area contributed by atoms with E-state index in [-0.39, 0.29) is 18.0 Å². The molecule has 2 N–H and O–H groups in total. The molecule has 2 fully saturated rings. The number of halogens is 1. The highest BCUT2D eigenvalue weighted by Gasteiger charge is 2.52. The summed E-state index contributed by atoms with van der Waals surface area (Å²) in [5.41, 5.74) is 2.53. The van der Waals surface area contributed by atoms with Crippen LogP contribution in [0.4, 0.5) is 9.18 Å². The minimum absolute atomic E-state index is 0.208. The third kappa shape index (κ3) is 4.38. The zero-order valence-electron chi connectivity index (χ0n) is 17.2. The molecule has 1 aliphatic carbocycles. The van der Waals surface area contributed by atoms with Gasteiger partial charge in [0.25, 0.3) is 11.8 Å². The van der Waals surface area contributed by atoms with Crippen LogP contribution in [0.15, 0.2) is 48.5 Å². The Morgan fingerprint density at radius 2 is 1.90 bits per heavy atom. The van der Waals surface area contributed by atoms with E-state index in [4.69, 9.17) is 4.74 Å². The first kappa shape index (κ1) is 20.8. The highest BCUT2D eigenvalue weighted by atomic mass is 19.1. The number of carbonyl (C=O) groups excluding carboxylic acids is 3. The van der Waals surface area contributed by atoms with Gasteiger partial charge in [-0.25, -0.2) is 9.18 Å². The number of imide groups is 1. The molecule has 4 amide bonds. The minimum atomic E-state index is -0.920. The fourth-order valence-electron chi connectivity index (χ4n) is 3.96. The summed E-state index contributed by atoms with van der Waals surface area (Å²) < 4.78 is 18.7. The molecule has 0 radical (unpaired) electrons. The van der Waals surface area contributed by atoms with Crippen molar-refractivity contribution in [3.05, 3.63) is 65.5 Å². The summed E-state index contributed by atoms with van der Waals surface area (Å²) >= 11 is 0. The SMILES string of the molecule is CC1CCC2(CC1)NC(=O)N(NC(=O)c1cccc(OCc3ccc(F)cc3)c1)C2=O. The Morgan fingerprint density at radius 3 is 2.61 bits per heavy atom. The first-order valence-electron chi connectivity index (χ1n) is 10.3. The molecule has 7 nitrogen and oxygen atoms in total. The molecule has 8 heteroatoms. The van der Waals surface area contributed by atoms with Gasteiger partial charge < -0.3 is 10.1 Å². The predicted octanol–water partition coefficient (Wildman–Crippen LogP) is 3.55. The lowest BCUT2D eigenvalue weighted by Crippen LogP contribution is -2.51. The Morgan fingerprint density at radius 1 is 1.19 bits per heavy atom. The van der Waals surface area contributed by atoms with Crippen LogP contribution in [0.5, 0.6) is 5.75 Å². The number of hydrogen-bond acceptors (Lipinski definition) is 4. The van der Waals surface area contributed by atoms with Crippen molar-refractivity contribution in [2.24, 2.45) is 5.92 Å². The quantitative estimate of drug-likeness (QED) is 0.718. The normalized spacial score (nSPS) is 23.0. The maximum Gasteiger partial charge on any atom is 0.344 e. The van der Waals surface area contributed by atoms with E-state index in [1.165, 1.54) is 18.2 Å². The molecule has 1 saturated carbocycles. The number of amides is 4. The van der Waals surface area contributed by atoms with Gasteiger partial charge in [-0.05, 0) is 67.5 Å². The number of nitrogens with zero attached hydrogens (tertiary/aromatic N) is 1. The van der Waals surface area contributed by atoms with Gasteiger partial charge in [-0.2, -0.15) is 5.01 Å². The van der Waals surface area contributed by atoms with E-state index in [1.807, 2.05) is 0 Å². The van der Waals surface area contributed by atoms with Crippen LogP contribution >= 0.6 is 0 Å². The summed E-state index contributed by atoms with van der Waals surface area (Å²) in [4.78, 5) is 38.0. The van der Waals surface area contributed by atoms with Crippen LogP contribution in [0, 0.1) is 11.7 Å². The monoisotopic (exact) mass is 425 g/mol. The topological polar surface area (TPSA) is 87.7 Å². The second-order valence-electron chi connectivity index (χ2n) is 8.22. The van der Waals surface area contributed by atoms with Crippen molar-refractivity contribution in [2.45, 2.75) is 44.8 Å². The Labute approximate surface area is 179 Å². The van der Waals surface area contributed by atoms with Crippen LogP contribution in [0.3, 0.4) is 0 Å². The van der Waals surface area contributed by atoms with Gasteiger partial charge in [0, 0.05) is 5.56 Å². The summed E-state index contributed by atoms with van der Waals surface area (Å²) in [5.74, 6) is -0.380. The van der Waals surface area contributed by atoms with Crippen LogP contribution in [-0.2, 0) is 11.4 Å². The maximum absolute atomic E-state index is 13.0. The molecule has 162 valence electrons. The molecule has 31 heavy (non-hydrogen) atoms. The highest BCUT2D eigenvalue weighted by molar-refractivity contribution is 6.09. The Hall–Kier alpha value is -3.42. The van der Waals surface area contributed by atoms with E-state index in [2.05, 4.69) is 17.7 Å². The Bertz CT molecular complexity index is 1000. The lowest BCUT2D eigenvalue weighted by molar-refractivity contribution is -0.134. The molecular formula is C23H24FN3O4. The van der Waals surface area contributed by atoms with Crippen LogP contribution in [0.1, 0.15) is 48.5 Å². The van der Waals surface area contributed by atoms with Gasteiger partial charge in [-0.1, -0.05) is 25.1 Å². The zero-order chi connectivity index (χ0) is 22.0. The van der Waals surface area contributed by atoms with Gasteiger partial charge in [-0.3, -0.25) is 15.0 Å². The third-order valence-electron chi connectivity index (χ3n) is 5.92. The highest BCUT2D eigenvalue weighted by Crippen LogP contribution is 2.35. The van der Waals surface area contributed by atoms with Gasteiger partial charge in [-0.15, -0.1) is 0 Å². The number of rotatable bonds is 5. The van der Waals surface area contributed by atoms with Crippen molar-refractivity contribution in [1.29, 1.82) is 0 Å². The molecule has 0 aromatic heterocycles. The Kier molecular flexibility index (Phi) is 5.63. The number of benzene rings is 2. The number of ether oxygens (including phenoxy) is 1. The molecule has 1 spiro atoms. The summed E-state index contributed by atoms with van der Waals surface area (Å²) in [7, 11) is 0. The van der Waals surface area contributed by atoms with Crippen molar-refractivity contribution < 1.29 is 23.5 Å². The summed E-state index contributed by atoms with van der Waals surface area (Å²) in [5, 5.41) is 3.55. The standard InChI is InChI=1S/C23H24FN3O4/c1-15-9-11-23(12-10-15)21(29)27(22(30)25-23)26-20(28)17-3-2-4-19(13-17)31-14-16-5-7-18(24)8-6-16/h2-8,13,15H,9-12,14H2,1H3,(H,25,30)(H,26,28). The molecule has 4 rings (SSSR count). The van der Waals surface area contributed by atoms with Gasteiger partial charge in [0.05, 0.1) is 0 Å². The largest absolute Gasteiger partial charge is 0.489 e. The van der Waals surface area contributed by atoms with Gasteiger partial charge in [0.2, 0.25) is 0 Å². The zero-order valence-corrected chi connectivity index (χ0v) is 17.2. The summed E-state index contributed by atoms with van der Waals surface area (Å²) in [6, 6.07) is 11.7. The lowest BCUT2D eigenvalue weighted by Gasteiger charge is -2.33. The van der Waals surface area contributed by atoms with Crippen LogP contribution in [-0.4, -0.2) is 28.4 Å². The average molecular weight is 425 g/mol. The minimum Gasteiger partial charge on any atom is -0.489 e. The number of carbonyl (C=O) groups is 3. The van der Waals surface area contributed by atoms with E-state index >= 15 is 0 Å². The third-order valence-corrected chi connectivity index (χ3v) is 5.92. The molecule has 1 saturated heterocycles. The van der Waals surface area contributed by atoms with Crippen molar-refractivity contribution in [2.75, 3.05) is 0 Å². The second-order valence-corrected chi connectivity index (χ2v) is 8.22. The number of hydrazine groups is 1. The van der Waals surface area contributed by atoms with Crippen molar-refractivity contribution >= 4 is 17.8 Å². The van der Waals surface area contributed by atoms with Crippen molar-refractivity contribution in [3.8, 4) is 5.75 Å². The molecule has 2 aromatic rings.